The average molecular weight is 461 g/mol. The standard InChI is InChI=1S/C23H22F3N3O4/c24-23(25,26)33-16-9-7-15(8-10-16)14-27-21(31)20-17-4-1-2-5-18(17)22(32)29(20)13-12-28-11-3-6-19(28)30/h1-2,4-5,7-10,20H,3,6,11-14H2,(H,27,31). The van der Waals surface area contributed by atoms with E-state index in [0.717, 1.165) is 6.42 Å². The lowest BCUT2D eigenvalue weighted by Crippen LogP contribution is -2.43. The highest BCUT2D eigenvalue weighted by Gasteiger charge is 2.41. The molecule has 2 aliphatic heterocycles. The number of ether oxygens (including phenoxy) is 1. The van der Waals surface area contributed by atoms with Crippen LogP contribution in [0.15, 0.2) is 48.5 Å². The highest BCUT2D eigenvalue weighted by molar-refractivity contribution is 6.04. The van der Waals surface area contributed by atoms with E-state index in [9.17, 15) is 27.6 Å². The van der Waals surface area contributed by atoms with Crippen molar-refractivity contribution in [1.29, 1.82) is 0 Å². The molecular formula is C23H22F3N3O4. The molecule has 174 valence electrons. The summed E-state index contributed by atoms with van der Waals surface area (Å²) in [7, 11) is 0. The van der Waals surface area contributed by atoms with Gasteiger partial charge in [0.05, 0.1) is 0 Å². The molecule has 1 unspecified atom stereocenters. The highest BCUT2D eigenvalue weighted by atomic mass is 19.4. The molecule has 0 aliphatic carbocycles. The molecule has 0 radical (unpaired) electrons. The molecule has 2 aliphatic rings. The van der Waals surface area contributed by atoms with Gasteiger partial charge in [-0.2, -0.15) is 0 Å². The van der Waals surface area contributed by atoms with Gasteiger partial charge in [-0.25, -0.2) is 0 Å². The molecule has 3 amide bonds. The number of likely N-dealkylation sites (tertiary alicyclic amines) is 1. The normalized spacial score (nSPS) is 18.0. The number of fused-ring (bicyclic) bond motifs is 1. The van der Waals surface area contributed by atoms with Gasteiger partial charge in [0, 0.05) is 38.2 Å². The van der Waals surface area contributed by atoms with Crippen LogP contribution in [0.4, 0.5) is 13.2 Å². The smallest absolute Gasteiger partial charge is 0.406 e. The number of halogens is 3. The molecule has 2 aromatic rings. The predicted molar refractivity (Wildman–Crippen MR) is 111 cm³/mol. The van der Waals surface area contributed by atoms with Crippen LogP contribution >= 0.6 is 0 Å². The zero-order valence-corrected chi connectivity index (χ0v) is 17.6. The minimum atomic E-state index is -4.78. The number of amides is 3. The highest BCUT2D eigenvalue weighted by Crippen LogP contribution is 2.33. The fourth-order valence-corrected chi connectivity index (χ4v) is 4.15. The number of alkyl halides is 3. The Morgan fingerprint density at radius 1 is 1.06 bits per heavy atom. The van der Waals surface area contributed by atoms with Gasteiger partial charge < -0.3 is 19.9 Å². The first kappa shape index (κ1) is 22.6. The Hall–Kier alpha value is -3.56. The molecular weight excluding hydrogens is 439 g/mol. The van der Waals surface area contributed by atoms with Crippen molar-refractivity contribution in [3.8, 4) is 5.75 Å². The Morgan fingerprint density at radius 3 is 2.45 bits per heavy atom. The summed E-state index contributed by atoms with van der Waals surface area (Å²) in [6, 6.07) is 11.2. The van der Waals surface area contributed by atoms with E-state index in [1.54, 1.807) is 29.2 Å². The van der Waals surface area contributed by atoms with Gasteiger partial charge in [-0.15, -0.1) is 13.2 Å². The summed E-state index contributed by atoms with van der Waals surface area (Å²) in [6.45, 7) is 1.28. The van der Waals surface area contributed by atoms with Crippen molar-refractivity contribution in [3.63, 3.8) is 0 Å². The molecule has 0 spiro atoms. The SMILES string of the molecule is O=C(NCc1ccc(OC(F)(F)F)cc1)C1c2ccccc2C(=O)N1CCN1CCCC1=O. The van der Waals surface area contributed by atoms with E-state index < -0.39 is 18.3 Å². The fourth-order valence-electron chi connectivity index (χ4n) is 4.15. The molecule has 0 aromatic heterocycles. The third-order valence-electron chi connectivity index (χ3n) is 5.71. The van der Waals surface area contributed by atoms with Crippen molar-refractivity contribution < 1.29 is 32.3 Å². The Labute approximate surface area is 188 Å². The van der Waals surface area contributed by atoms with Crippen LogP contribution in [0.5, 0.6) is 5.75 Å². The molecule has 1 N–H and O–H groups in total. The maximum Gasteiger partial charge on any atom is 0.573 e. The van der Waals surface area contributed by atoms with Crippen molar-refractivity contribution in [2.45, 2.75) is 31.8 Å². The molecule has 1 fully saturated rings. The summed E-state index contributed by atoms with van der Waals surface area (Å²) >= 11 is 0. The van der Waals surface area contributed by atoms with E-state index in [4.69, 9.17) is 0 Å². The second kappa shape index (κ2) is 9.13. The van der Waals surface area contributed by atoms with Crippen LogP contribution < -0.4 is 10.1 Å². The van der Waals surface area contributed by atoms with Crippen LogP contribution in [-0.2, 0) is 16.1 Å². The van der Waals surface area contributed by atoms with Crippen molar-refractivity contribution in [1.82, 2.24) is 15.1 Å². The monoisotopic (exact) mass is 461 g/mol. The molecule has 10 heteroatoms. The zero-order valence-electron chi connectivity index (χ0n) is 17.6. The summed E-state index contributed by atoms with van der Waals surface area (Å²) in [5.41, 5.74) is 1.60. The Kier molecular flexibility index (Phi) is 6.26. The zero-order chi connectivity index (χ0) is 23.6. The molecule has 2 heterocycles. The first-order chi connectivity index (χ1) is 15.7. The van der Waals surface area contributed by atoms with E-state index >= 15 is 0 Å². The maximum atomic E-state index is 13.1. The second-order valence-corrected chi connectivity index (χ2v) is 7.88. The number of benzene rings is 2. The van der Waals surface area contributed by atoms with E-state index in [0.29, 0.717) is 36.2 Å². The van der Waals surface area contributed by atoms with Crippen molar-refractivity contribution >= 4 is 17.7 Å². The maximum absolute atomic E-state index is 13.1. The van der Waals surface area contributed by atoms with Crippen molar-refractivity contribution in [2.24, 2.45) is 0 Å². The van der Waals surface area contributed by atoms with E-state index in [-0.39, 0.29) is 30.7 Å². The summed E-state index contributed by atoms with van der Waals surface area (Å²) in [5, 5.41) is 2.76. The summed E-state index contributed by atoms with van der Waals surface area (Å²) in [5.74, 6) is -0.989. The Balaban J connectivity index is 1.44. The molecule has 7 nitrogen and oxygen atoms in total. The Bertz CT molecular complexity index is 1060. The lowest BCUT2D eigenvalue weighted by molar-refractivity contribution is -0.274. The number of carbonyl (C=O) groups is 3. The molecule has 33 heavy (non-hydrogen) atoms. The molecule has 0 saturated carbocycles. The molecule has 2 aromatic carbocycles. The minimum Gasteiger partial charge on any atom is -0.406 e. The van der Waals surface area contributed by atoms with Gasteiger partial charge in [0.1, 0.15) is 11.8 Å². The van der Waals surface area contributed by atoms with Gasteiger partial charge in [-0.05, 0) is 35.7 Å². The van der Waals surface area contributed by atoms with Gasteiger partial charge in [0.15, 0.2) is 0 Å². The number of rotatable bonds is 7. The van der Waals surface area contributed by atoms with Crippen LogP contribution in [0.1, 0.15) is 40.4 Å². The summed E-state index contributed by atoms with van der Waals surface area (Å²) in [4.78, 5) is 41.1. The molecule has 1 atom stereocenters. The van der Waals surface area contributed by atoms with Crippen LogP contribution in [0.25, 0.3) is 0 Å². The summed E-state index contributed by atoms with van der Waals surface area (Å²) in [6.07, 6.45) is -3.50. The van der Waals surface area contributed by atoms with E-state index in [2.05, 4.69) is 10.1 Å². The number of hydrogen-bond donors (Lipinski definition) is 1. The predicted octanol–water partition coefficient (Wildman–Crippen LogP) is 3.02. The van der Waals surface area contributed by atoms with Gasteiger partial charge in [-0.1, -0.05) is 30.3 Å². The molecule has 0 bridgehead atoms. The lowest BCUT2D eigenvalue weighted by Gasteiger charge is -2.27. The Morgan fingerprint density at radius 2 is 1.79 bits per heavy atom. The van der Waals surface area contributed by atoms with E-state index in [1.807, 2.05) is 0 Å². The first-order valence-electron chi connectivity index (χ1n) is 10.5. The van der Waals surface area contributed by atoms with Crippen molar-refractivity contribution in [2.75, 3.05) is 19.6 Å². The van der Waals surface area contributed by atoms with Crippen LogP contribution in [0.3, 0.4) is 0 Å². The fraction of sp³-hybridized carbons (Fsp3) is 0.348. The third-order valence-corrected chi connectivity index (χ3v) is 5.71. The van der Waals surface area contributed by atoms with Crippen LogP contribution in [-0.4, -0.2) is 53.5 Å². The topological polar surface area (TPSA) is 79.0 Å². The molecule has 4 rings (SSSR count). The summed E-state index contributed by atoms with van der Waals surface area (Å²) < 4.78 is 40.8. The first-order valence-corrected chi connectivity index (χ1v) is 10.5. The van der Waals surface area contributed by atoms with Gasteiger partial charge >= 0.3 is 6.36 Å². The van der Waals surface area contributed by atoms with E-state index in [1.165, 1.54) is 29.2 Å². The van der Waals surface area contributed by atoms with Gasteiger partial charge in [-0.3, -0.25) is 14.4 Å². The molecule has 1 saturated heterocycles. The van der Waals surface area contributed by atoms with Crippen LogP contribution in [0.2, 0.25) is 0 Å². The third kappa shape index (κ3) is 5.10. The number of carbonyl (C=O) groups excluding carboxylic acids is 3. The number of nitrogens with zero attached hydrogens (tertiary/aromatic N) is 2. The minimum absolute atomic E-state index is 0.0399. The number of nitrogens with one attached hydrogen (secondary N) is 1. The second-order valence-electron chi connectivity index (χ2n) is 7.88. The lowest BCUT2D eigenvalue weighted by atomic mass is 10.0. The average Bonchev–Trinajstić information content (AvgIpc) is 3.31. The van der Waals surface area contributed by atoms with Crippen molar-refractivity contribution in [3.05, 3.63) is 65.2 Å². The van der Waals surface area contributed by atoms with Gasteiger partial charge in [0.25, 0.3) is 5.91 Å². The van der Waals surface area contributed by atoms with Gasteiger partial charge in [0.2, 0.25) is 11.8 Å². The van der Waals surface area contributed by atoms with Crippen LogP contribution in [0, 0.1) is 0 Å². The quantitative estimate of drug-likeness (QED) is 0.688. The number of hydrogen-bond acceptors (Lipinski definition) is 4. The largest absolute Gasteiger partial charge is 0.573 e.